The second-order valence-corrected chi connectivity index (χ2v) is 7.16. The largest absolute Gasteiger partial charge is 0.377 e. The lowest BCUT2D eigenvalue weighted by atomic mass is 9.98. The maximum Gasteiger partial charge on any atom is 0.238 e. The van der Waals surface area contributed by atoms with Gasteiger partial charge in [-0.2, -0.15) is 0 Å². The normalized spacial score (nSPS) is 11.1. The van der Waals surface area contributed by atoms with Crippen molar-refractivity contribution in [1.29, 1.82) is 0 Å². The summed E-state index contributed by atoms with van der Waals surface area (Å²) in [5, 5.41) is 14.0. The molecule has 2 rings (SSSR count). The van der Waals surface area contributed by atoms with E-state index in [-0.39, 0.29) is 12.4 Å². The maximum absolute atomic E-state index is 12.3. The number of nitrogens with two attached hydrogens (primary N) is 2. The molecule has 9 nitrogen and oxygen atoms in total. The van der Waals surface area contributed by atoms with Crippen LogP contribution >= 0.6 is 0 Å². The van der Waals surface area contributed by atoms with Crippen LogP contribution in [0.4, 0.5) is 4.39 Å². The van der Waals surface area contributed by atoms with Gasteiger partial charge in [0.05, 0.1) is 58.8 Å². The van der Waals surface area contributed by atoms with Gasteiger partial charge in [0.2, 0.25) is 5.84 Å². The summed E-state index contributed by atoms with van der Waals surface area (Å²) in [6.07, 6.45) is 3.44. The van der Waals surface area contributed by atoms with E-state index in [0.717, 1.165) is 11.1 Å². The van der Waals surface area contributed by atoms with E-state index in [0.29, 0.717) is 75.9 Å². The fourth-order valence-corrected chi connectivity index (χ4v) is 2.93. The Morgan fingerprint density at radius 2 is 1.78 bits per heavy atom. The van der Waals surface area contributed by atoms with Gasteiger partial charge in [0.25, 0.3) is 0 Å². The monoisotopic (exact) mass is 449 g/mol. The average molecular weight is 450 g/mol. The van der Waals surface area contributed by atoms with Crippen LogP contribution in [0.1, 0.15) is 35.7 Å². The zero-order chi connectivity index (χ0) is 23.2. The summed E-state index contributed by atoms with van der Waals surface area (Å²) in [4.78, 5) is 12.3. The molecule has 32 heavy (non-hydrogen) atoms. The van der Waals surface area contributed by atoms with Crippen LogP contribution in [0.5, 0.6) is 0 Å². The molecular weight excluding hydrogens is 416 g/mol. The minimum atomic E-state index is -0.487. The Kier molecular flexibility index (Phi) is 11.5. The molecule has 0 aliphatic rings. The van der Waals surface area contributed by atoms with Crippen LogP contribution in [-0.2, 0) is 27.2 Å². The van der Waals surface area contributed by atoms with E-state index >= 15 is 0 Å². The molecule has 10 heteroatoms. The molecule has 1 aromatic heterocycles. The number of ketones is 1. The van der Waals surface area contributed by atoms with Crippen molar-refractivity contribution in [2.45, 2.75) is 32.7 Å². The number of carbonyl (C=O) groups excluding carboxylic acids is 1. The van der Waals surface area contributed by atoms with Gasteiger partial charge in [-0.3, -0.25) is 15.9 Å². The van der Waals surface area contributed by atoms with Gasteiger partial charge in [-0.1, -0.05) is 12.1 Å². The van der Waals surface area contributed by atoms with Crippen molar-refractivity contribution in [1.82, 2.24) is 15.0 Å². The number of rotatable bonds is 17. The van der Waals surface area contributed by atoms with Gasteiger partial charge in [0, 0.05) is 17.5 Å². The van der Waals surface area contributed by atoms with Gasteiger partial charge < -0.3 is 14.2 Å². The SMILES string of the molecule is CCC(=O)c1cc(CCC(N)=[NH2+])cc(-c2cn(CCOCCOCCOCC[18F])nn2)c1. The molecule has 0 bridgehead atoms. The first kappa shape index (κ1) is 25.6. The molecule has 0 atom stereocenters. The number of nitrogens with zero attached hydrogens (tertiary/aromatic N) is 3. The molecule has 0 radical (unpaired) electrons. The Bertz CT molecular complexity index is 859. The fourth-order valence-electron chi connectivity index (χ4n) is 2.93. The van der Waals surface area contributed by atoms with Gasteiger partial charge in [0.15, 0.2) is 5.78 Å². The third kappa shape index (κ3) is 9.21. The molecule has 176 valence electrons. The molecule has 0 unspecified atom stereocenters. The number of carbonyl (C=O) groups is 1. The highest BCUT2D eigenvalue weighted by Gasteiger charge is 2.12. The number of halogens is 1. The summed E-state index contributed by atoms with van der Waals surface area (Å²) >= 11 is 0. The third-order valence-electron chi connectivity index (χ3n) is 4.60. The van der Waals surface area contributed by atoms with Crippen molar-refractivity contribution in [3.8, 4) is 11.3 Å². The van der Waals surface area contributed by atoms with E-state index in [1.54, 1.807) is 4.68 Å². The molecule has 2 aromatic rings. The third-order valence-corrected chi connectivity index (χ3v) is 4.60. The van der Waals surface area contributed by atoms with Gasteiger partial charge in [-0.25, -0.2) is 9.07 Å². The molecule has 1 heterocycles. The number of alkyl halides is 1. The molecule has 1 aromatic carbocycles. The predicted octanol–water partition coefficient (Wildman–Crippen LogP) is 0.606. The zero-order valence-corrected chi connectivity index (χ0v) is 18.6. The Labute approximate surface area is 187 Å². The molecule has 0 aliphatic heterocycles. The minimum Gasteiger partial charge on any atom is -0.377 e. The highest BCUT2D eigenvalue weighted by Crippen LogP contribution is 2.22. The first-order valence-corrected chi connectivity index (χ1v) is 10.8. The van der Waals surface area contributed by atoms with Crippen molar-refractivity contribution in [3.05, 3.63) is 35.5 Å². The van der Waals surface area contributed by atoms with Crippen molar-refractivity contribution in [3.63, 3.8) is 0 Å². The topological polar surface area (TPSA) is 127 Å². The Balaban J connectivity index is 1.85. The number of benzene rings is 1. The summed E-state index contributed by atoms with van der Waals surface area (Å²) in [5.41, 5.74) is 8.71. The van der Waals surface area contributed by atoms with Crippen molar-refractivity contribution in [2.75, 3.05) is 46.3 Å². The van der Waals surface area contributed by atoms with E-state index in [1.165, 1.54) is 0 Å². The van der Waals surface area contributed by atoms with Crippen LogP contribution in [0.3, 0.4) is 0 Å². The molecule has 0 aliphatic carbocycles. The number of hydrogen-bond acceptors (Lipinski definition) is 6. The average Bonchev–Trinajstić information content (AvgIpc) is 3.27. The summed E-state index contributed by atoms with van der Waals surface area (Å²) in [6, 6.07) is 5.70. The van der Waals surface area contributed by atoms with Gasteiger partial charge in [-0.15, -0.1) is 5.10 Å². The minimum absolute atomic E-state index is 0.0646. The predicted molar refractivity (Wildman–Crippen MR) is 118 cm³/mol. The summed E-state index contributed by atoms with van der Waals surface area (Å²) in [5.74, 6) is 0.426. The summed E-state index contributed by atoms with van der Waals surface area (Å²) < 4.78 is 29.4. The van der Waals surface area contributed by atoms with Gasteiger partial charge >= 0.3 is 0 Å². The number of amidine groups is 1. The first-order chi connectivity index (χ1) is 15.5. The van der Waals surface area contributed by atoms with E-state index in [4.69, 9.17) is 25.4 Å². The smallest absolute Gasteiger partial charge is 0.238 e. The van der Waals surface area contributed by atoms with Crippen LogP contribution in [0, 0.1) is 0 Å². The highest BCUT2D eigenvalue weighted by molar-refractivity contribution is 5.97. The highest BCUT2D eigenvalue weighted by atomic mass is 18.2. The quantitative estimate of drug-likeness (QED) is 0.157. The van der Waals surface area contributed by atoms with Crippen LogP contribution in [-0.4, -0.2) is 72.9 Å². The molecule has 0 saturated carbocycles. The van der Waals surface area contributed by atoms with Crippen LogP contribution in [0.15, 0.2) is 24.4 Å². The van der Waals surface area contributed by atoms with E-state index in [1.807, 2.05) is 31.3 Å². The maximum atomic E-state index is 12.3. The van der Waals surface area contributed by atoms with Crippen molar-refractivity contribution >= 4 is 11.6 Å². The van der Waals surface area contributed by atoms with E-state index in [9.17, 15) is 9.18 Å². The summed E-state index contributed by atoms with van der Waals surface area (Å²) in [6.45, 7) is 4.09. The lowest BCUT2D eigenvalue weighted by molar-refractivity contribution is -0.117. The second-order valence-electron chi connectivity index (χ2n) is 7.16. The lowest BCUT2D eigenvalue weighted by Gasteiger charge is -2.07. The van der Waals surface area contributed by atoms with Gasteiger partial charge in [0.1, 0.15) is 12.4 Å². The second kappa shape index (κ2) is 14.4. The number of hydrogen-bond donors (Lipinski definition) is 2. The molecule has 4 N–H and O–H groups in total. The van der Waals surface area contributed by atoms with Gasteiger partial charge in [-0.05, 0) is 30.2 Å². The number of aromatic nitrogens is 3. The zero-order valence-electron chi connectivity index (χ0n) is 18.6. The lowest BCUT2D eigenvalue weighted by Crippen LogP contribution is -2.45. The number of Topliss-reactive ketones (excluding diaryl/α,β-unsaturated/α-hetero) is 1. The molecule has 0 amide bonds. The van der Waals surface area contributed by atoms with E-state index in [2.05, 4.69) is 10.3 Å². The Morgan fingerprint density at radius 1 is 1.09 bits per heavy atom. The fraction of sp³-hybridized carbons (Fsp3) is 0.545. The van der Waals surface area contributed by atoms with Crippen LogP contribution in [0.25, 0.3) is 11.3 Å². The molecular formula is C22H33FN5O4+. The number of aryl methyl sites for hydroxylation is 1. The Morgan fingerprint density at radius 3 is 2.44 bits per heavy atom. The standard InChI is InChI=1S/C22H32FN5O4/c1-2-21(29)19-14-17(3-4-22(24)25)13-18(15-19)20-16-28(27-26-20)6-8-31-10-12-32-11-9-30-7-5-23/h13-16H,2-12H2,1H3,(H3,24,25)/p+1/i23-1. The van der Waals surface area contributed by atoms with Crippen molar-refractivity contribution in [2.24, 2.45) is 5.73 Å². The van der Waals surface area contributed by atoms with Crippen molar-refractivity contribution < 1.29 is 28.8 Å². The Hall–Kier alpha value is -2.69. The first-order valence-electron chi connectivity index (χ1n) is 10.8. The molecule has 0 spiro atoms. The van der Waals surface area contributed by atoms with Crippen LogP contribution < -0.4 is 11.1 Å². The number of ether oxygens (including phenoxy) is 3. The van der Waals surface area contributed by atoms with Crippen LogP contribution in [0.2, 0.25) is 0 Å². The molecule has 0 fully saturated rings. The van der Waals surface area contributed by atoms with E-state index < -0.39 is 6.67 Å². The molecule has 0 saturated heterocycles. The summed E-state index contributed by atoms with van der Waals surface area (Å²) in [7, 11) is 0.